The molecular weight excluding hydrogens is 275 g/mol. The number of hydrogen-bond acceptors (Lipinski definition) is 3. The van der Waals surface area contributed by atoms with E-state index in [2.05, 4.69) is 5.32 Å². The van der Waals surface area contributed by atoms with Crippen LogP contribution in [-0.2, 0) is 16.0 Å². The maximum Gasteiger partial charge on any atom is 0.249 e. The SMILES string of the molecule is CC(C)C[C@@H](O)C(=O)N[C@H](Cc1cccc(F)c1)C(N)=O. The van der Waals surface area contributed by atoms with Crippen molar-refractivity contribution in [3.05, 3.63) is 35.6 Å². The Kier molecular flexibility index (Phi) is 6.30. The van der Waals surface area contributed by atoms with Crippen LogP contribution in [0, 0.1) is 11.7 Å². The Morgan fingerprint density at radius 2 is 2.05 bits per heavy atom. The number of nitrogens with one attached hydrogen (secondary N) is 1. The Morgan fingerprint density at radius 3 is 2.57 bits per heavy atom. The zero-order valence-corrected chi connectivity index (χ0v) is 12.2. The average molecular weight is 296 g/mol. The standard InChI is InChI=1S/C15H21FN2O3/c1-9(2)6-13(19)15(21)18-12(14(17)20)8-10-4-3-5-11(16)7-10/h3-5,7,9,12-13,19H,6,8H2,1-2H3,(H2,17,20)(H,18,21)/t12-,13-/m1/s1. The molecule has 116 valence electrons. The van der Waals surface area contributed by atoms with Gasteiger partial charge in [-0.15, -0.1) is 0 Å². The highest BCUT2D eigenvalue weighted by Crippen LogP contribution is 2.08. The van der Waals surface area contributed by atoms with E-state index >= 15 is 0 Å². The summed E-state index contributed by atoms with van der Waals surface area (Å²) in [6.45, 7) is 3.74. The summed E-state index contributed by atoms with van der Waals surface area (Å²) < 4.78 is 13.1. The van der Waals surface area contributed by atoms with Crippen LogP contribution >= 0.6 is 0 Å². The number of halogens is 1. The first-order chi connectivity index (χ1) is 9.79. The van der Waals surface area contributed by atoms with Crippen LogP contribution in [0.15, 0.2) is 24.3 Å². The Hall–Kier alpha value is -1.95. The summed E-state index contributed by atoms with van der Waals surface area (Å²) in [5.41, 5.74) is 5.78. The molecule has 2 amide bonds. The summed E-state index contributed by atoms with van der Waals surface area (Å²) in [6.07, 6.45) is -0.829. The number of primary amides is 1. The maximum atomic E-state index is 13.1. The van der Waals surface area contributed by atoms with E-state index in [9.17, 15) is 19.1 Å². The second kappa shape index (κ2) is 7.73. The Labute approximate surface area is 123 Å². The highest BCUT2D eigenvalue weighted by atomic mass is 19.1. The van der Waals surface area contributed by atoms with E-state index in [4.69, 9.17) is 5.73 Å². The minimum atomic E-state index is -1.20. The van der Waals surface area contributed by atoms with Crippen molar-refractivity contribution in [2.75, 3.05) is 0 Å². The third-order valence-corrected chi connectivity index (χ3v) is 2.99. The number of carbonyl (C=O) groups is 2. The van der Waals surface area contributed by atoms with Crippen molar-refractivity contribution in [3.8, 4) is 0 Å². The van der Waals surface area contributed by atoms with Gasteiger partial charge in [-0.3, -0.25) is 9.59 Å². The molecule has 0 bridgehead atoms. The van der Waals surface area contributed by atoms with Crippen molar-refractivity contribution in [3.63, 3.8) is 0 Å². The van der Waals surface area contributed by atoms with Crippen LogP contribution in [0.3, 0.4) is 0 Å². The van der Waals surface area contributed by atoms with E-state index in [0.29, 0.717) is 5.56 Å². The number of aliphatic hydroxyl groups is 1. The summed E-state index contributed by atoms with van der Waals surface area (Å²) in [7, 11) is 0. The van der Waals surface area contributed by atoms with Crippen LogP contribution < -0.4 is 11.1 Å². The Morgan fingerprint density at radius 1 is 1.38 bits per heavy atom. The van der Waals surface area contributed by atoms with Gasteiger partial charge in [0, 0.05) is 6.42 Å². The summed E-state index contributed by atoms with van der Waals surface area (Å²) in [5.74, 6) is -1.67. The van der Waals surface area contributed by atoms with Gasteiger partial charge in [-0.2, -0.15) is 0 Å². The van der Waals surface area contributed by atoms with E-state index in [1.54, 1.807) is 6.07 Å². The van der Waals surface area contributed by atoms with Crippen LogP contribution in [0.1, 0.15) is 25.8 Å². The van der Waals surface area contributed by atoms with E-state index in [1.165, 1.54) is 18.2 Å². The minimum Gasteiger partial charge on any atom is -0.383 e. The maximum absolute atomic E-state index is 13.1. The van der Waals surface area contributed by atoms with Gasteiger partial charge in [0.25, 0.3) is 0 Å². The van der Waals surface area contributed by atoms with E-state index in [1.807, 2.05) is 13.8 Å². The van der Waals surface area contributed by atoms with Crippen molar-refractivity contribution in [1.82, 2.24) is 5.32 Å². The number of rotatable bonds is 7. The monoisotopic (exact) mass is 296 g/mol. The van der Waals surface area contributed by atoms with Crippen LogP contribution in [-0.4, -0.2) is 29.1 Å². The number of nitrogens with two attached hydrogens (primary N) is 1. The number of amides is 2. The fraction of sp³-hybridized carbons (Fsp3) is 0.467. The molecule has 0 saturated carbocycles. The summed E-state index contributed by atoms with van der Waals surface area (Å²) in [4.78, 5) is 23.2. The zero-order valence-electron chi connectivity index (χ0n) is 12.2. The lowest BCUT2D eigenvalue weighted by Crippen LogP contribution is -2.49. The topological polar surface area (TPSA) is 92.4 Å². The van der Waals surface area contributed by atoms with Crippen molar-refractivity contribution >= 4 is 11.8 Å². The lowest BCUT2D eigenvalue weighted by Gasteiger charge is -2.19. The van der Waals surface area contributed by atoms with Gasteiger partial charge in [0.05, 0.1) is 0 Å². The number of hydrogen-bond donors (Lipinski definition) is 3. The first-order valence-electron chi connectivity index (χ1n) is 6.81. The molecular formula is C15H21FN2O3. The second-order valence-corrected chi connectivity index (χ2v) is 5.44. The number of aliphatic hydroxyl groups excluding tert-OH is 1. The highest BCUT2D eigenvalue weighted by Gasteiger charge is 2.23. The van der Waals surface area contributed by atoms with Crippen LogP contribution in [0.25, 0.3) is 0 Å². The number of benzene rings is 1. The molecule has 5 nitrogen and oxygen atoms in total. The lowest BCUT2D eigenvalue weighted by molar-refractivity contribution is -0.133. The normalized spacial score (nSPS) is 13.8. The summed E-state index contributed by atoms with van der Waals surface area (Å²) in [5, 5.41) is 12.1. The van der Waals surface area contributed by atoms with E-state index in [-0.39, 0.29) is 18.8 Å². The molecule has 0 aromatic heterocycles. The van der Waals surface area contributed by atoms with Gasteiger partial charge >= 0.3 is 0 Å². The van der Waals surface area contributed by atoms with E-state index < -0.39 is 29.8 Å². The molecule has 0 saturated heterocycles. The van der Waals surface area contributed by atoms with Gasteiger partial charge in [-0.25, -0.2) is 4.39 Å². The molecule has 2 atom stereocenters. The van der Waals surface area contributed by atoms with Crippen molar-refractivity contribution in [2.24, 2.45) is 11.7 Å². The Balaban J connectivity index is 2.70. The predicted molar refractivity (Wildman–Crippen MR) is 76.7 cm³/mol. The first kappa shape index (κ1) is 17.1. The summed E-state index contributed by atoms with van der Waals surface area (Å²) in [6, 6.07) is 4.72. The van der Waals surface area contributed by atoms with Crippen LogP contribution in [0.2, 0.25) is 0 Å². The van der Waals surface area contributed by atoms with Gasteiger partial charge in [0.15, 0.2) is 0 Å². The fourth-order valence-electron chi connectivity index (χ4n) is 1.94. The molecule has 0 heterocycles. The predicted octanol–water partition coefficient (Wildman–Crippen LogP) is 0.745. The van der Waals surface area contributed by atoms with Gasteiger partial charge in [-0.1, -0.05) is 26.0 Å². The van der Waals surface area contributed by atoms with Crippen LogP contribution in [0.4, 0.5) is 4.39 Å². The Bertz CT molecular complexity index is 505. The molecule has 0 aliphatic carbocycles. The molecule has 0 unspecified atom stereocenters. The molecule has 6 heteroatoms. The molecule has 1 aromatic carbocycles. The van der Waals surface area contributed by atoms with Crippen molar-refractivity contribution < 1.29 is 19.1 Å². The van der Waals surface area contributed by atoms with E-state index in [0.717, 1.165) is 0 Å². The van der Waals surface area contributed by atoms with Crippen LogP contribution in [0.5, 0.6) is 0 Å². The van der Waals surface area contributed by atoms with Gasteiger partial charge < -0.3 is 16.2 Å². The molecule has 0 aliphatic rings. The smallest absolute Gasteiger partial charge is 0.249 e. The van der Waals surface area contributed by atoms with Gasteiger partial charge in [-0.05, 0) is 30.0 Å². The largest absolute Gasteiger partial charge is 0.383 e. The molecule has 21 heavy (non-hydrogen) atoms. The molecule has 4 N–H and O–H groups in total. The molecule has 1 aromatic rings. The van der Waals surface area contributed by atoms with Crippen molar-refractivity contribution in [1.29, 1.82) is 0 Å². The highest BCUT2D eigenvalue weighted by molar-refractivity contribution is 5.88. The fourth-order valence-corrected chi connectivity index (χ4v) is 1.94. The summed E-state index contributed by atoms with van der Waals surface area (Å²) >= 11 is 0. The molecule has 0 aliphatic heterocycles. The first-order valence-corrected chi connectivity index (χ1v) is 6.81. The average Bonchev–Trinajstić information content (AvgIpc) is 2.36. The minimum absolute atomic E-state index is 0.0766. The van der Waals surface area contributed by atoms with Gasteiger partial charge in [0.2, 0.25) is 11.8 Å². The van der Waals surface area contributed by atoms with Gasteiger partial charge in [0.1, 0.15) is 18.0 Å². The molecule has 0 radical (unpaired) electrons. The number of carbonyl (C=O) groups excluding carboxylic acids is 2. The third-order valence-electron chi connectivity index (χ3n) is 2.99. The third kappa shape index (κ3) is 5.91. The second-order valence-electron chi connectivity index (χ2n) is 5.44. The quantitative estimate of drug-likeness (QED) is 0.693. The molecule has 1 rings (SSSR count). The lowest BCUT2D eigenvalue weighted by atomic mass is 10.0. The zero-order chi connectivity index (χ0) is 16.0. The molecule has 0 fully saturated rings. The van der Waals surface area contributed by atoms with Crippen molar-refractivity contribution in [2.45, 2.75) is 38.8 Å². The molecule has 0 spiro atoms.